The lowest BCUT2D eigenvalue weighted by Gasteiger charge is -2.41. The van der Waals surface area contributed by atoms with E-state index >= 15 is 0 Å². The quantitative estimate of drug-likeness (QED) is 0.537. The van der Waals surface area contributed by atoms with Gasteiger partial charge in [0.25, 0.3) is 0 Å². The fraction of sp³-hybridized carbons (Fsp3) is 0.409. The average Bonchev–Trinajstić information content (AvgIpc) is 3.24. The first-order valence-corrected chi connectivity index (χ1v) is 10.4. The molecule has 4 nitrogen and oxygen atoms in total. The summed E-state index contributed by atoms with van der Waals surface area (Å²) in [6.07, 6.45) is -5.58. The molecule has 0 unspecified atom stereocenters. The molecule has 0 radical (unpaired) electrons. The zero-order valence-electron chi connectivity index (χ0n) is 16.8. The summed E-state index contributed by atoms with van der Waals surface area (Å²) in [5, 5.41) is 12.4. The minimum atomic E-state index is -4.69. The van der Waals surface area contributed by atoms with E-state index in [1.165, 1.54) is 12.1 Å². The predicted molar refractivity (Wildman–Crippen MR) is 107 cm³/mol. The van der Waals surface area contributed by atoms with Gasteiger partial charge in [0.2, 0.25) is 11.8 Å². The molecule has 0 bridgehead atoms. The van der Waals surface area contributed by atoms with Crippen LogP contribution in [0.25, 0.3) is 0 Å². The van der Waals surface area contributed by atoms with Crippen molar-refractivity contribution < 1.29 is 36.4 Å². The number of nitrogens with one attached hydrogen (secondary N) is 1. The Labute approximate surface area is 180 Å². The maximum absolute atomic E-state index is 13.9. The molecule has 0 aromatic heterocycles. The Bertz CT molecular complexity index is 1100. The number of rotatable bonds is 2. The minimum absolute atomic E-state index is 0.00762. The van der Waals surface area contributed by atoms with Crippen molar-refractivity contribution in [3.8, 4) is 0 Å². The van der Waals surface area contributed by atoms with Gasteiger partial charge in [0.1, 0.15) is 5.41 Å². The maximum atomic E-state index is 13.9. The minimum Gasteiger partial charge on any atom is -0.423 e. The summed E-state index contributed by atoms with van der Waals surface area (Å²) in [6.45, 7) is 0.0836. The molecular weight excluding hydrogens is 432 g/mol. The summed E-state index contributed by atoms with van der Waals surface area (Å²) in [7, 11) is -1.12. The number of para-hydroxylation sites is 1. The number of alkyl halides is 5. The molecule has 2 heterocycles. The predicted octanol–water partition coefficient (Wildman–Crippen LogP) is 3.99. The van der Waals surface area contributed by atoms with E-state index in [-0.39, 0.29) is 30.7 Å². The zero-order chi connectivity index (χ0) is 22.9. The van der Waals surface area contributed by atoms with Gasteiger partial charge in [0.05, 0.1) is 17.9 Å². The smallest absolute Gasteiger partial charge is 0.423 e. The molecule has 1 atom stereocenters. The number of halogens is 5. The molecule has 1 amide bonds. The van der Waals surface area contributed by atoms with Crippen LogP contribution < -0.4 is 10.8 Å². The van der Waals surface area contributed by atoms with E-state index in [1.54, 1.807) is 18.2 Å². The van der Waals surface area contributed by atoms with Gasteiger partial charge in [-0.1, -0.05) is 30.3 Å². The van der Waals surface area contributed by atoms with Gasteiger partial charge in [0, 0.05) is 12.8 Å². The van der Waals surface area contributed by atoms with Gasteiger partial charge in [-0.15, -0.1) is 0 Å². The third-order valence-electron chi connectivity index (χ3n) is 6.98. The van der Waals surface area contributed by atoms with Crippen LogP contribution in [-0.4, -0.2) is 24.0 Å². The highest BCUT2D eigenvalue weighted by Crippen LogP contribution is 2.55. The van der Waals surface area contributed by atoms with Crippen LogP contribution >= 0.6 is 0 Å². The average molecular weight is 451 g/mol. The molecule has 10 heteroatoms. The Hall–Kier alpha value is -2.46. The van der Waals surface area contributed by atoms with E-state index in [1.807, 2.05) is 0 Å². The van der Waals surface area contributed by atoms with Crippen molar-refractivity contribution in [2.24, 2.45) is 5.92 Å². The Morgan fingerprint density at radius 2 is 1.84 bits per heavy atom. The molecule has 0 spiro atoms. The molecule has 5 rings (SSSR count). The second-order valence-electron chi connectivity index (χ2n) is 8.70. The molecule has 2 aliphatic heterocycles. The first-order valence-electron chi connectivity index (χ1n) is 10.4. The summed E-state index contributed by atoms with van der Waals surface area (Å²) >= 11 is 0. The van der Waals surface area contributed by atoms with Crippen molar-refractivity contribution in [2.75, 3.05) is 5.32 Å². The summed E-state index contributed by atoms with van der Waals surface area (Å²) < 4.78 is 74.2. The number of fused-ring (bicyclic) bond motifs is 2. The van der Waals surface area contributed by atoms with E-state index in [4.69, 9.17) is 4.65 Å². The monoisotopic (exact) mass is 451 g/mol. The zero-order valence-corrected chi connectivity index (χ0v) is 16.8. The van der Waals surface area contributed by atoms with Crippen LogP contribution in [0, 0.1) is 5.92 Å². The second kappa shape index (κ2) is 7.02. The Morgan fingerprint density at radius 1 is 1.12 bits per heavy atom. The number of carbonyl (C=O) groups is 1. The van der Waals surface area contributed by atoms with Gasteiger partial charge >= 0.3 is 13.3 Å². The molecule has 0 saturated heterocycles. The fourth-order valence-electron chi connectivity index (χ4n) is 5.46. The van der Waals surface area contributed by atoms with Crippen molar-refractivity contribution in [2.45, 2.75) is 49.8 Å². The van der Waals surface area contributed by atoms with Crippen molar-refractivity contribution in [3.05, 3.63) is 58.7 Å². The molecule has 1 aliphatic carbocycles. The third-order valence-corrected chi connectivity index (χ3v) is 6.98. The van der Waals surface area contributed by atoms with E-state index in [0.29, 0.717) is 16.6 Å². The number of hydrogen-bond acceptors (Lipinski definition) is 3. The highest BCUT2D eigenvalue weighted by atomic mass is 19.4. The molecule has 1 saturated carbocycles. The summed E-state index contributed by atoms with van der Waals surface area (Å²) in [5.74, 6) is -4.13. The number of amides is 1. The van der Waals surface area contributed by atoms with Crippen LogP contribution in [0.2, 0.25) is 0 Å². The van der Waals surface area contributed by atoms with Crippen LogP contribution in [0.15, 0.2) is 36.4 Å². The number of hydrogen-bond donors (Lipinski definition) is 2. The van der Waals surface area contributed by atoms with Gasteiger partial charge in [0.15, 0.2) is 0 Å². The molecule has 32 heavy (non-hydrogen) atoms. The fourth-order valence-corrected chi connectivity index (χ4v) is 5.46. The first kappa shape index (κ1) is 21.4. The molecular formula is C22H19BF5NO3. The first-order chi connectivity index (χ1) is 15.0. The lowest BCUT2D eigenvalue weighted by Crippen LogP contribution is -2.46. The molecule has 2 N–H and O–H groups in total. The van der Waals surface area contributed by atoms with Crippen LogP contribution in [0.4, 0.5) is 27.6 Å². The van der Waals surface area contributed by atoms with Crippen molar-refractivity contribution >= 4 is 24.2 Å². The Balaban J connectivity index is 1.73. The molecule has 168 valence electrons. The SMILES string of the molecule is O=C1Nc2c(C(F)(F)F)cccc2[C@]1(c1ccc2c(c1)COB2O)C1CCC(F)(F)CC1. The lowest BCUT2D eigenvalue weighted by atomic mass is 9.61. The van der Waals surface area contributed by atoms with E-state index in [9.17, 15) is 31.8 Å². The molecule has 1 fully saturated rings. The third kappa shape index (κ3) is 3.07. The molecule has 2 aromatic carbocycles. The van der Waals surface area contributed by atoms with Crippen molar-refractivity contribution in [1.29, 1.82) is 0 Å². The molecule has 3 aliphatic rings. The van der Waals surface area contributed by atoms with Crippen LogP contribution in [0.5, 0.6) is 0 Å². The van der Waals surface area contributed by atoms with Gasteiger partial charge in [-0.3, -0.25) is 4.79 Å². The number of carbonyl (C=O) groups excluding carboxylic acids is 1. The summed E-state index contributed by atoms with van der Waals surface area (Å²) in [6, 6.07) is 8.42. The number of benzene rings is 2. The van der Waals surface area contributed by atoms with E-state index < -0.39 is 54.9 Å². The van der Waals surface area contributed by atoms with Crippen LogP contribution in [-0.2, 0) is 27.6 Å². The van der Waals surface area contributed by atoms with Crippen LogP contribution in [0.1, 0.15) is 47.9 Å². The highest BCUT2D eigenvalue weighted by molar-refractivity contribution is 6.61. The van der Waals surface area contributed by atoms with Crippen LogP contribution in [0.3, 0.4) is 0 Å². The normalized spacial score (nSPS) is 24.9. The Morgan fingerprint density at radius 3 is 2.53 bits per heavy atom. The van der Waals surface area contributed by atoms with E-state index in [2.05, 4.69) is 5.32 Å². The van der Waals surface area contributed by atoms with Crippen molar-refractivity contribution in [3.63, 3.8) is 0 Å². The summed E-state index contributed by atoms with van der Waals surface area (Å²) in [4.78, 5) is 13.5. The highest BCUT2D eigenvalue weighted by Gasteiger charge is 2.57. The summed E-state index contributed by atoms with van der Waals surface area (Å²) in [5.41, 5.74) is -1.14. The van der Waals surface area contributed by atoms with Gasteiger partial charge < -0.3 is 15.0 Å². The lowest BCUT2D eigenvalue weighted by molar-refractivity contribution is -0.136. The van der Waals surface area contributed by atoms with Gasteiger partial charge in [-0.05, 0) is 47.0 Å². The van der Waals surface area contributed by atoms with Crippen molar-refractivity contribution in [1.82, 2.24) is 0 Å². The van der Waals surface area contributed by atoms with Gasteiger partial charge in [-0.2, -0.15) is 13.2 Å². The topological polar surface area (TPSA) is 58.6 Å². The Kier molecular flexibility index (Phi) is 4.69. The standard InChI is InChI=1S/C22H19BF5NO3/c24-20(25)8-6-13(7-9-20)21(14-4-5-17-12(10-14)11-32-23(17)31)15-2-1-3-16(22(26,27)28)18(15)29-19(21)30/h1-5,10,13,31H,6-9,11H2,(H,29,30)/t21-/m1/s1. The molecule has 2 aromatic rings. The van der Waals surface area contributed by atoms with Gasteiger partial charge in [-0.25, -0.2) is 8.78 Å². The second-order valence-corrected chi connectivity index (χ2v) is 8.70. The largest absolute Gasteiger partial charge is 0.491 e. The number of anilines is 1. The van der Waals surface area contributed by atoms with E-state index in [0.717, 1.165) is 6.07 Å². The maximum Gasteiger partial charge on any atom is 0.491 e.